The van der Waals surface area contributed by atoms with E-state index in [1.165, 1.54) is 24.3 Å². The van der Waals surface area contributed by atoms with Crippen molar-refractivity contribution in [2.75, 3.05) is 0 Å². The molecule has 1 aromatic carbocycles. The second kappa shape index (κ2) is 6.18. The van der Waals surface area contributed by atoms with E-state index in [0.717, 1.165) is 12.8 Å². The van der Waals surface area contributed by atoms with Gasteiger partial charge in [0.05, 0.1) is 11.0 Å². The van der Waals surface area contributed by atoms with E-state index in [-0.39, 0.29) is 11.6 Å². The highest BCUT2D eigenvalue weighted by atomic mass is 16.6. The Kier molecular flexibility index (Phi) is 4.33. The van der Waals surface area contributed by atoms with E-state index < -0.39 is 10.5 Å². The molecule has 0 radical (unpaired) electrons. The Morgan fingerprint density at radius 1 is 1.43 bits per heavy atom. The quantitative estimate of drug-likeness (QED) is 0.522. The number of non-ortho nitro benzene ring substituents is 1. The van der Waals surface area contributed by atoms with E-state index in [1.807, 2.05) is 0 Å². The molecule has 1 saturated carbocycles. The number of amides is 1. The predicted molar refractivity (Wildman–Crippen MR) is 77.1 cm³/mol. The van der Waals surface area contributed by atoms with E-state index in [4.69, 9.17) is 0 Å². The normalized spacial score (nSPS) is 16.5. The molecule has 0 bridgehead atoms. The molecule has 0 spiro atoms. The lowest BCUT2D eigenvalue weighted by Gasteiger charge is -2.20. The molecule has 1 aromatic rings. The highest BCUT2D eigenvalue weighted by Gasteiger charge is 2.34. The lowest BCUT2D eigenvalue weighted by atomic mass is 10.00. The largest absolute Gasteiger partial charge is 0.334 e. The number of carbonyl (C=O) groups excluding carboxylic acids is 1. The first-order valence-electron chi connectivity index (χ1n) is 6.71. The predicted octanol–water partition coefficient (Wildman–Crippen LogP) is 2.56. The van der Waals surface area contributed by atoms with Gasteiger partial charge in [-0.2, -0.15) is 5.26 Å². The van der Waals surface area contributed by atoms with Crippen molar-refractivity contribution in [3.8, 4) is 6.07 Å². The molecule has 2 rings (SSSR count). The van der Waals surface area contributed by atoms with Crippen LogP contribution >= 0.6 is 0 Å². The Morgan fingerprint density at radius 3 is 2.76 bits per heavy atom. The van der Waals surface area contributed by atoms with Crippen LogP contribution in [0.5, 0.6) is 0 Å². The second-order valence-electron chi connectivity index (χ2n) is 5.08. The van der Waals surface area contributed by atoms with Gasteiger partial charge < -0.3 is 5.32 Å². The smallest absolute Gasteiger partial charge is 0.270 e. The van der Waals surface area contributed by atoms with Gasteiger partial charge in [-0.05, 0) is 37.3 Å². The second-order valence-corrected chi connectivity index (χ2v) is 5.08. The van der Waals surface area contributed by atoms with Gasteiger partial charge in [-0.1, -0.05) is 12.1 Å². The first-order valence-corrected chi connectivity index (χ1v) is 6.71. The van der Waals surface area contributed by atoms with Crippen LogP contribution in [-0.2, 0) is 4.79 Å². The summed E-state index contributed by atoms with van der Waals surface area (Å²) in [7, 11) is 0. The fraction of sp³-hybridized carbons (Fsp3) is 0.333. The fourth-order valence-electron chi connectivity index (χ4n) is 2.43. The van der Waals surface area contributed by atoms with Gasteiger partial charge in [-0.3, -0.25) is 14.9 Å². The van der Waals surface area contributed by atoms with Gasteiger partial charge in [0, 0.05) is 18.2 Å². The van der Waals surface area contributed by atoms with Crippen molar-refractivity contribution >= 4 is 17.7 Å². The van der Waals surface area contributed by atoms with E-state index in [0.29, 0.717) is 18.4 Å². The Labute approximate surface area is 122 Å². The lowest BCUT2D eigenvalue weighted by Crippen LogP contribution is -2.44. The molecular weight excluding hydrogens is 270 g/mol. The highest BCUT2D eigenvalue weighted by molar-refractivity contribution is 5.92. The topological polar surface area (TPSA) is 96.0 Å². The van der Waals surface area contributed by atoms with Crippen LogP contribution in [0, 0.1) is 21.4 Å². The SMILES string of the molecule is N#CC1(NC(=O)C=Cc2cccc([N+](=O)[O-])c2)CCCC1. The number of benzene rings is 1. The van der Waals surface area contributed by atoms with Gasteiger partial charge in [0.1, 0.15) is 5.54 Å². The van der Waals surface area contributed by atoms with Gasteiger partial charge in [-0.15, -0.1) is 0 Å². The number of nitrogens with one attached hydrogen (secondary N) is 1. The zero-order valence-corrected chi connectivity index (χ0v) is 11.4. The third-order valence-corrected chi connectivity index (χ3v) is 3.54. The molecule has 1 fully saturated rings. The molecule has 0 atom stereocenters. The minimum atomic E-state index is -0.760. The molecule has 1 amide bonds. The van der Waals surface area contributed by atoms with Crippen LogP contribution in [0.3, 0.4) is 0 Å². The van der Waals surface area contributed by atoms with Crippen molar-refractivity contribution in [3.05, 3.63) is 46.0 Å². The number of nitriles is 1. The van der Waals surface area contributed by atoms with Gasteiger partial charge in [0.15, 0.2) is 0 Å². The number of nitro benzene ring substituents is 1. The lowest BCUT2D eigenvalue weighted by molar-refractivity contribution is -0.384. The molecule has 0 heterocycles. The summed E-state index contributed by atoms with van der Waals surface area (Å²) in [6, 6.07) is 8.19. The maximum Gasteiger partial charge on any atom is 0.270 e. The molecule has 1 aliphatic carbocycles. The van der Waals surface area contributed by atoms with Crippen molar-refractivity contribution in [3.63, 3.8) is 0 Å². The molecule has 21 heavy (non-hydrogen) atoms. The van der Waals surface area contributed by atoms with Gasteiger partial charge in [-0.25, -0.2) is 0 Å². The summed E-state index contributed by atoms with van der Waals surface area (Å²) < 4.78 is 0. The van der Waals surface area contributed by atoms with Crippen molar-refractivity contribution in [1.82, 2.24) is 5.32 Å². The standard InChI is InChI=1S/C15H15N3O3/c16-11-15(8-1-2-9-15)17-14(19)7-6-12-4-3-5-13(10-12)18(20)21/h3-7,10H,1-2,8-9H2,(H,17,19). The minimum absolute atomic E-state index is 0.0261. The monoisotopic (exact) mass is 285 g/mol. The fourth-order valence-corrected chi connectivity index (χ4v) is 2.43. The van der Waals surface area contributed by atoms with Crippen LogP contribution < -0.4 is 5.32 Å². The average Bonchev–Trinajstić information content (AvgIpc) is 2.94. The van der Waals surface area contributed by atoms with Crippen LogP contribution in [-0.4, -0.2) is 16.4 Å². The number of hydrogen-bond donors (Lipinski definition) is 1. The molecule has 108 valence electrons. The summed E-state index contributed by atoms with van der Waals surface area (Å²) in [6.45, 7) is 0. The zero-order valence-electron chi connectivity index (χ0n) is 11.4. The summed E-state index contributed by atoms with van der Waals surface area (Å²) >= 11 is 0. The van der Waals surface area contributed by atoms with Gasteiger partial charge in [0.25, 0.3) is 5.69 Å². The molecule has 0 aliphatic heterocycles. The summed E-state index contributed by atoms with van der Waals surface area (Å²) in [4.78, 5) is 22.1. The third-order valence-electron chi connectivity index (χ3n) is 3.54. The summed E-state index contributed by atoms with van der Waals surface area (Å²) in [5, 5.41) is 22.6. The molecule has 1 aliphatic rings. The molecule has 1 N–H and O–H groups in total. The maximum absolute atomic E-state index is 11.9. The number of carbonyl (C=O) groups is 1. The van der Waals surface area contributed by atoms with Gasteiger partial charge in [0.2, 0.25) is 5.91 Å². The first kappa shape index (κ1) is 14.7. The van der Waals surface area contributed by atoms with Crippen molar-refractivity contribution in [2.24, 2.45) is 0 Å². The third kappa shape index (κ3) is 3.66. The Hall–Kier alpha value is -2.68. The Bertz CT molecular complexity index is 625. The average molecular weight is 285 g/mol. The molecular formula is C15H15N3O3. The van der Waals surface area contributed by atoms with E-state index in [2.05, 4.69) is 11.4 Å². The highest BCUT2D eigenvalue weighted by Crippen LogP contribution is 2.28. The van der Waals surface area contributed by atoms with Crippen molar-refractivity contribution < 1.29 is 9.72 Å². The number of rotatable bonds is 4. The molecule has 6 nitrogen and oxygen atoms in total. The number of nitro groups is 1. The molecule has 0 unspecified atom stereocenters. The number of nitrogens with zero attached hydrogens (tertiary/aromatic N) is 2. The van der Waals surface area contributed by atoms with E-state index >= 15 is 0 Å². The van der Waals surface area contributed by atoms with Crippen LogP contribution in [0.15, 0.2) is 30.3 Å². The minimum Gasteiger partial charge on any atom is -0.334 e. The summed E-state index contributed by atoms with van der Waals surface area (Å²) in [5.74, 6) is -0.357. The number of hydrogen-bond acceptors (Lipinski definition) is 4. The Morgan fingerprint density at radius 2 is 2.14 bits per heavy atom. The molecule has 6 heteroatoms. The van der Waals surface area contributed by atoms with Gasteiger partial charge >= 0.3 is 0 Å². The summed E-state index contributed by atoms with van der Waals surface area (Å²) in [6.07, 6.45) is 6.00. The zero-order chi connectivity index (χ0) is 15.3. The van der Waals surface area contributed by atoms with E-state index in [9.17, 15) is 20.2 Å². The van der Waals surface area contributed by atoms with Crippen LogP contribution in [0.25, 0.3) is 6.08 Å². The van der Waals surface area contributed by atoms with Crippen molar-refractivity contribution in [2.45, 2.75) is 31.2 Å². The van der Waals surface area contributed by atoms with Crippen molar-refractivity contribution in [1.29, 1.82) is 5.26 Å². The maximum atomic E-state index is 11.9. The van der Waals surface area contributed by atoms with E-state index in [1.54, 1.807) is 12.1 Å². The van der Waals surface area contributed by atoms with Crippen LogP contribution in [0.1, 0.15) is 31.2 Å². The summed E-state index contributed by atoms with van der Waals surface area (Å²) in [5.41, 5.74) is -0.219. The molecule has 0 aromatic heterocycles. The molecule has 0 saturated heterocycles. The van der Waals surface area contributed by atoms with Crippen LogP contribution in [0.2, 0.25) is 0 Å². The van der Waals surface area contributed by atoms with Crippen LogP contribution in [0.4, 0.5) is 5.69 Å². The first-order chi connectivity index (χ1) is 10.0. The Balaban J connectivity index is 2.04.